The quantitative estimate of drug-likeness (QED) is 0.769. The molecule has 1 aliphatic carbocycles. The number of ketones is 1. The molecule has 1 heterocycles. The van der Waals surface area contributed by atoms with Gasteiger partial charge in [0.1, 0.15) is 5.75 Å². The molecule has 1 aromatic heterocycles. The number of carbonyl (C=O) groups is 1. The van der Waals surface area contributed by atoms with Gasteiger partial charge in [-0.05, 0) is 53.6 Å². The third kappa shape index (κ3) is 3.24. The Morgan fingerprint density at radius 2 is 2.19 bits per heavy atom. The van der Waals surface area contributed by atoms with E-state index in [2.05, 4.69) is 17.5 Å². The molecule has 1 aliphatic rings. The molecular formula is C18H18O2S. The fourth-order valence-electron chi connectivity index (χ4n) is 2.78. The molecule has 0 bridgehead atoms. The largest absolute Gasteiger partial charge is 0.497 e. The fourth-order valence-corrected chi connectivity index (χ4v) is 3.64. The van der Waals surface area contributed by atoms with Crippen LogP contribution in [0, 0.1) is 0 Å². The van der Waals surface area contributed by atoms with Crippen molar-refractivity contribution < 1.29 is 9.53 Å². The average Bonchev–Trinajstić information content (AvgIpc) is 3.04. The SMILES string of the molecule is COc1cccc(C=C2CCC(c3cccs3)CC2=O)c1. The van der Waals surface area contributed by atoms with Crippen LogP contribution in [0.2, 0.25) is 0 Å². The summed E-state index contributed by atoms with van der Waals surface area (Å²) >= 11 is 1.75. The molecule has 2 aromatic rings. The van der Waals surface area contributed by atoms with Crippen molar-refractivity contribution in [2.45, 2.75) is 25.2 Å². The van der Waals surface area contributed by atoms with Crippen LogP contribution in [0.15, 0.2) is 47.4 Å². The summed E-state index contributed by atoms with van der Waals surface area (Å²) in [6.07, 6.45) is 4.56. The molecule has 21 heavy (non-hydrogen) atoms. The number of Topliss-reactive ketones (excluding diaryl/α,β-unsaturated/α-hetero) is 1. The van der Waals surface area contributed by atoms with Crippen LogP contribution in [0.5, 0.6) is 5.75 Å². The Kier molecular flexibility index (Phi) is 4.20. The van der Waals surface area contributed by atoms with Crippen LogP contribution in [0.4, 0.5) is 0 Å². The van der Waals surface area contributed by atoms with E-state index in [0.717, 1.165) is 29.7 Å². The van der Waals surface area contributed by atoms with Crippen molar-refractivity contribution >= 4 is 23.2 Å². The minimum Gasteiger partial charge on any atom is -0.497 e. The van der Waals surface area contributed by atoms with Crippen LogP contribution < -0.4 is 4.74 Å². The first-order chi connectivity index (χ1) is 10.3. The fraction of sp³-hybridized carbons (Fsp3) is 0.278. The molecule has 1 saturated carbocycles. The van der Waals surface area contributed by atoms with Crippen LogP contribution in [0.25, 0.3) is 6.08 Å². The number of hydrogen-bond donors (Lipinski definition) is 0. The number of rotatable bonds is 3. The zero-order valence-corrected chi connectivity index (χ0v) is 12.9. The molecule has 0 amide bonds. The second kappa shape index (κ2) is 6.27. The minimum absolute atomic E-state index is 0.280. The van der Waals surface area contributed by atoms with Gasteiger partial charge in [0, 0.05) is 17.2 Å². The maximum Gasteiger partial charge on any atom is 0.159 e. The highest BCUT2D eigenvalue weighted by atomic mass is 32.1. The molecule has 1 unspecified atom stereocenters. The Labute approximate surface area is 129 Å². The smallest absolute Gasteiger partial charge is 0.159 e. The van der Waals surface area contributed by atoms with Crippen molar-refractivity contribution in [2.24, 2.45) is 0 Å². The van der Waals surface area contributed by atoms with Gasteiger partial charge in [0.2, 0.25) is 0 Å². The Bertz CT molecular complexity index is 656. The summed E-state index contributed by atoms with van der Waals surface area (Å²) in [5.41, 5.74) is 1.98. The lowest BCUT2D eigenvalue weighted by Crippen LogP contribution is -2.15. The maximum atomic E-state index is 12.4. The molecule has 1 fully saturated rings. The minimum atomic E-state index is 0.280. The number of hydrogen-bond acceptors (Lipinski definition) is 3. The number of methoxy groups -OCH3 is 1. The number of thiophene rings is 1. The van der Waals surface area contributed by atoms with Gasteiger partial charge < -0.3 is 4.74 Å². The van der Waals surface area contributed by atoms with Gasteiger partial charge in [0.15, 0.2) is 5.78 Å². The highest BCUT2D eigenvalue weighted by Crippen LogP contribution is 2.36. The van der Waals surface area contributed by atoms with E-state index in [0.29, 0.717) is 12.3 Å². The molecule has 3 heteroatoms. The van der Waals surface area contributed by atoms with E-state index in [4.69, 9.17) is 4.74 Å². The van der Waals surface area contributed by atoms with Crippen LogP contribution in [-0.4, -0.2) is 12.9 Å². The molecular weight excluding hydrogens is 280 g/mol. The van der Waals surface area contributed by atoms with Crippen molar-refractivity contribution in [3.63, 3.8) is 0 Å². The monoisotopic (exact) mass is 298 g/mol. The van der Waals surface area contributed by atoms with E-state index in [1.807, 2.05) is 30.3 Å². The zero-order valence-electron chi connectivity index (χ0n) is 12.0. The molecule has 108 valence electrons. The first kappa shape index (κ1) is 14.1. The normalized spacial score (nSPS) is 20.7. The predicted molar refractivity (Wildman–Crippen MR) is 86.9 cm³/mol. The predicted octanol–water partition coefficient (Wildman–Crippen LogP) is 4.68. The van der Waals surface area contributed by atoms with Crippen LogP contribution in [0.3, 0.4) is 0 Å². The topological polar surface area (TPSA) is 26.3 Å². The summed E-state index contributed by atoms with van der Waals surface area (Å²) in [5, 5.41) is 2.08. The molecule has 0 spiro atoms. The van der Waals surface area contributed by atoms with Gasteiger partial charge in [-0.15, -0.1) is 11.3 Å². The first-order valence-corrected chi connectivity index (χ1v) is 8.05. The lowest BCUT2D eigenvalue weighted by atomic mass is 9.83. The molecule has 0 N–H and O–H groups in total. The Morgan fingerprint density at radius 3 is 2.90 bits per heavy atom. The van der Waals surface area contributed by atoms with Gasteiger partial charge in [0.05, 0.1) is 7.11 Å². The van der Waals surface area contributed by atoms with E-state index < -0.39 is 0 Å². The van der Waals surface area contributed by atoms with E-state index >= 15 is 0 Å². The van der Waals surface area contributed by atoms with Crippen molar-refractivity contribution in [3.8, 4) is 5.75 Å². The van der Waals surface area contributed by atoms with Gasteiger partial charge in [0.25, 0.3) is 0 Å². The number of allylic oxidation sites excluding steroid dienone is 1. The molecule has 0 aliphatic heterocycles. The lowest BCUT2D eigenvalue weighted by molar-refractivity contribution is -0.116. The van der Waals surface area contributed by atoms with Gasteiger partial charge in [-0.25, -0.2) is 0 Å². The molecule has 1 aromatic carbocycles. The van der Waals surface area contributed by atoms with Crippen molar-refractivity contribution in [2.75, 3.05) is 7.11 Å². The van der Waals surface area contributed by atoms with Crippen molar-refractivity contribution in [1.82, 2.24) is 0 Å². The summed E-state index contributed by atoms with van der Waals surface area (Å²) < 4.78 is 5.22. The Hall–Kier alpha value is -1.87. The van der Waals surface area contributed by atoms with Crippen LogP contribution in [-0.2, 0) is 4.79 Å². The zero-order chi connectivity index (χ0) is 14.7. The average molecular weight is 298 g/mol. The van der Waals surface area contributed by atoms with Gasteiger partial charge in [-0.3, -0.25) is 4.79 Å². The summed E-state index contributed by atoms with van der Waals surface area (Å²) in [4.78, 5) is 13.7. The summed E-state index contributed by atoms with van der Waals surface area (Å²) in [5.74, 6) is 1.51. The third-order valence-electron chi connectivity index (χ3n) is 3.93. The highest BCUT2D eigenvalue weighted by Gasteiger charge is 2.25. The molecule has 1 atom stereocenters. The van der Waals surface area contributed by atoms with Crippen molar-refractivity contribution in [3.05, 3.63) is 57.8 Å². The van der Waals surface area contributed by atoms with E-state index in [-0.39, 0.29) is 5.78 Å². The second-order valence-electron chi connectivity index (χ2n) is 5.32. The maximum absolute atomic E-state index is 12.4. The van der Waals surface area contributed by atoms with Crippen molar-refractivity contribution in [1.29, 1.82) is 0 Å². The highest BCUT2D eigenvalue weighted by molar-refractivity contribution is 7.10. The molecule has 3 rings (SSSR count). The van der Waals surface area contributed by atoms with Gasteiger partial charge in [-0.2, -0.15) is 0 Å². The Balaban J connectivity index is 1.75. The molecule has 0 saturated heterocycles. The third-order valence-corrected chi connectivity index (χ3v) is 4.97. The summed E-state index contributed by atoms with van der Waals surface area (Å²) in [6.45, 7) is 0. The first-order valence-electron chi connectivity index (χ1n) is 7.17. The van der Waals surface area contributed by atoms with E-state index in [1.165, 1.54) is 4.88 Å². The van der Waals surface area contributed by atoms with Gasteiger partial charge >= 0.3 is 0 Å². The standard InChI is InChI=1S/C18H18O2S/c1-20-16-5-2-4-13(11-16)10-14-7-8-15(12-17(14)19)18-6-3-9-21-18/h2-6,9-11,15H,7-8,12H2,1H3. The van der Waals surface area contributed by atoms with Gasteiger partial charge in [-0.1, -0.05) is 18.2 Å². The van der Waals surface area contributed by atoms with Crippen LogP contribution in [0.1, 0.15) is 35.6 Å². The number of benzene rings is 1. The lowest BCUT2D eigenvalue weighted by Gasteiger charge is -2.22. The molecule has 0 radical (unpaired) electrons. The summed E-state index contributed by atoms with van der Waals surface area (Å²) in [7, 11) is 1.66. The van der Waals surface area contributed by atoms with Crippen LogP contribution >= 0.6 is 11.3 Å². The van der Waals surface area contributed by atoms with E-state index in [9.17, 15) is 4.79 Å². The number of ether oxygens (including phenoxy) is 1. The Morgan fingerprint density at radius 1 is 1.29 bits per heavy atom. The summed E-state index contributed by atoms with van der Waals surface area (Å²) in [6, 6.07) is 12.0. The van der Waals surface area contributed by atoms with E-state index in [1.54, 1.807) is 18.4 Å². The molecule has 2 nitrogen and oxygen atoms in total. The number of carbonyl (C=O) groups excluding carboxylic acids is 1. The second-order valence-corrected chi connectivity index (χ2v) is 6.30.